The van der Waals surface area contributed by atoms with Crippen LogP contribution in [-0.4, -0.2) is 16.0 Å². The van der Waals surface area contributed by atoms with Crippen LogP contribution in [0.15, 0.2) is 65.1 Å². The third kappa shape index (κ3) is 5.72. The molecule has 5 nitrogen and oxygen atoms in total. The molecule has 7 heteroatoms. The van der Waals surface area contributed by atoms with Crippen molar-refractivity contribution in [2.75, 3.05) is 5.32 Å². The van der Waals surface area contributed by atoms with Crippen LogP contribution in [0.2, 0.25) is 5.02 Å². The monoisotopic (exact) mass is 505 g/mol. The zero-order valence-electron chi connectivity index (χ0n) is 20.2. The number of aromatic nitrogens is 1. The number of nitrogens with zero attached hydrogens (tertiary/aromatic N) is 1. The van der Waals surface area contributed by atoms with Gasteiger partial charge in [-0.1, -0.05) is 57.5 Å². The number of rotatable bonds is 6. The second-order valence-corrected chi connectivity index (χ2v) is 9.75. The number of benzene rings is 3. The number of thiocarbonyl (C=S) groups is 1. The first-order valence-electron chi connectivity index (χ1n) is 11.7. The first-order chi connectivity index (χ1) is 16.7. The molecule has 2 N–H and O–H groups in total. The van der Waals surface area contributed by atoms with Crippen molar-refractivity contribution in [3.63, 3.8) is 0 Å². The number of oxazole rings is 1. The lowest BCUT2D eigenvalue weighted by atomic mass is 9.98. The summed E-state index contributed by atoms with van der Waals surface area (Å²) >= 11 is 11.8. The number of carbonyl (C=O) groups is 1. The molecule has 0 aliphatic heterocycles. The van der Waals surface area contributed by atoms with E-state index in [1.807, 2.05) is 24.3 Å². The van der Waals surface area contributed by atoms with Crippen LogP contribution >= 0.6 is 23.8 Å². The van der Waals surface area contributed by atoms with Crippen LogP contribution in [-0.2, 0) is 0 Å². The summed E-state index contributed by atoms with van der Waals surface area (Å²) in [4.78, 5) is 17.3. The van der Waals surface area contributed by atoms with Crippen molar-refractivity contribution in [1.82, 2.24) is 10.3 Å². The second-order valence-electron chi connectivity index (χ2n) is 8.94. The highest BCUT2D eigenvalue weighted by Crippen LogP contribution is 2.31. The third-order valence-electron chi connectivity index (χ3n) is 6.12. The Labute approximate surface area is 215 Å². The molecule has 4 rings (SSSR count). The van der Waals surface area contributed by atoms with Gasteiger partial charge in [-0.15, -0.1) is 0 Å². The molecule has 0 bridgehead atoms. The minimum atomic E-state index is -0.291. The van der Waals surface area contributed by atoms with Crippen LogP contribution in [0.4, 0.5) is 5.69 Å². The molecule has 1 aromatic heterocycles. The van der Waals surface area contributed by atoms with Gasteiger partial charge in [0.05, 0.1) is 10.7 Å². The summed E-state index contributed by atoms with van der Waals surface area (Å²) in [5.74, 6) is 1.05. The lowest BCUT2D eigenvalue weighted by Gasteiger charge is -2.12. The molecule has 0 saturated heterocycles. The molecule has 0 fully saturated rings. The Morgan fingerprint density at radius 3 is 2.43 bits per heavy atom. The van der Waals surface area contributed by atoms with E-state index >= 15 is 0 Å². The Hall–Kier alpha value is -3.22. The second kappa shape index (κ2) is 10.6. The topological polar surface area (TPSA) is 67.2 Å². The highest BCUT2D eigenvalue weighted by molar-refractivity contribution is 7.80. The molecule has 1 amide bonds. The van der Waals surface area contributed by atoms with Gasteiger partial charge in [0.15, 0.2) is 10.7 Å². The van der Waals surface area contributed by atoms with E-state index in [-0.39, 0.29) is 11.0 Å². The Kier molecular flexibility index (Phi) is 7.53. The van der Waals surface area contributed by atoms with E-state index in [9.17, 15) is 4.79 Å². The average Bonchev–Trinajstić information content (AvgIpc) is 3.28. The number of amides is 1. The van der Waals surface area contributed by atoms with Crippen molar-refractivity contribution in [2.24, 2.45) is 0 Å². The lowest BCUT2D eigenvalue weighted by Crippen LogP contribution is -2.34. The van der Waals surface area contributed by atoms with E-state index in [0.717, 1.165) is 23.1 Å². The third-order valence-corrected chi connectivity index (χ3v) is 6.65. The summed E-state index contributed by atoms with van der Waals surface area (Å²) in [5.41, 5.74) is 5.76. The normalized spacial score (nSPS) is 12.1. The van der Waals surface area contributed by atoms with Crippen molar-refractivity contribution in [2.45, 2.75) is 46.0 Å². The van der Waals surface area contributed by atoms with Gasteiger partial charge in [-0.3, -0.25) is 10.1 Å². The standard InChI is InChI=1S/C28H28ClN3O2S/c1-5-17(4)20-11-13-25-24(14-20)30-27(34-25)21-10-12-22(29)23(15-21)31-28(35)32-26(33)19-8-6-18(7-9-19)16(2)3/h6-17H,5H2,1-4H3,(H2,31,32,33,35)/t17-/m0/s1. The quantitative estimate of drug-likeness (QED) is 0.260. The number of hydrogen-bond donors (Lipinski definition) is 2. The van der Waals surface area contributed by atoms with Crippen molar-refractivity contribution in [1.29, 1.82) is 0 Å². The van der Waals surface area contributed by atoms with Crippen molar-refractivity contribution in [3.05, 3.63) is 82.4 Å². The molecule has 0 saturated carbocycles. The molecule has 1 heterocycles. The summed E-state index contributed by atoms with van der Waals surface area (Å²) < 4.78 is 5.99. The number of halogens is 1. The maximum Gasteiger partial charge on any atom is 0.257 e. The lowest BCUT2D eigenvalue weighted by molar-refractivity contribution is 0.0977. The van der Waals surface area contributed by atoms with Gasteiger partial charge in [-0.25, -0.2) is 4.98 Å². The molecule has 1 atom stereocenters. The number of anilines is 1. The fourth-order valence-corrected chi connectivity index (χ4v) is 4.08. The van der Waals surface area contributed by atoms with Crippen molar-refractivity contribution < 1.29 is 9.21 Å². The van der Waals surface area contributed by atoms with Gasteiger partial charge in [-0.05, 0) is 84.1 Å². The van der Waals surface area contributed by atoms with E-state index < -0.39 is 0 Å². The largest absolute Gasteiger partial charge is 0.436 e. The highest BCUT2D eigenvalue weighted by atomic mass is 35.5. The predicted molar refractivity (Wildman–Crippen MR) is 147 cm³/mol. The molecule has 0 unspecified atom stereocenters. The van der Waals surface area contributed by atoms with E-state index in [4.69, 9.17) is 28.2 Å². The SMILES string of the molecule is CC[C@H](C)c1ccc2oc(-c3ccc(Cl)c(NC(=S)NC(=O)c4ccc(C(C)C)cc4)c3)nc2c1. The zero-order chi connectivity index (χ0) is 25.1. The van der Waals surface area contributed by atoms with Gasteiger partial charge in [0, 0.05) is 11.1 Å². The zero-order valence-corrected chi connectivity index (χ0v) is 21.8. The van der Waals surface area contributed by atoms with E-state index in [0.29, 0.717) is 34.0 Å². The molecule has 0 aliphatic carbocycles. The summed E-state index contributed by atoms with van der Waals surface area (Å²) in [6, 6.07) is 19.0. The average molecular weight is 506 g/mol. The molecular weight excluding hydrogens is 478 g/mol. The van der Waals surface area contributed by atoms with Crippen LogP contribution < -0.4 is 10.6 Å². The summed E-state index contributed by atoms with van der Waals surface area (Å²) in [5, 5.41) is 6.33. The first-order valence-corrected chi connectivity index (χ1v) is 12.5. The molecule has 4 aromatic rings. The number of hydrogen-bond acceptors (Lipinski definition) is 4. The molecule has 3 aromatic carbocycles. The van der Waals surface area contributed by atoms with Gasteiger partial charge in [0.2, 0.25) is 5.89 Å². The Morgan fingerprint density at radius 2 is 1.74 bits per heavy atom. The highest BCUT2D eigenvalue weighted by Gasteiger charge is 2.14. The Morgan fingerprint density at radius 1 is 1.03 bits per heavy atom. The number of carbonyl (C=O) groups excluding carboxylic acids is 1. The maximum atomic E-state index is 12.6. The fraction of sp³-hybridized carbons (Fsp3) is 0.250. The molecule has 0 radical (unpaired) electrons. The summed E-state index contributed by atoms with van der Waals surface area (Å²) in [6.07, 6.45) is 1.06. The number of fused-ring (bicyclic) bond motifs is 1. The number of nitrogens with one attached hydrogen (secondary N) is 2. The Bertz CT molecular complexity index is 1380. The summed E-state index contributed by atoms with van der Waals surface area (Å²) in [6.45, 7) is 8.58. The molecular formula is C28H28ClN3O2S. The first kappa shape index (κ1) is 24.9. The molecule has 180 valence electrons. The van der Waals surface area contributed by atoms with Crippen LogP contribution in [0, 0.1) is 0 Å². The van der Waals surface area contributed by atoms with E-state index in [1.54, 1.807) is 24.3 Å². The van der Waals surface area contributed by atoms with Gasteiger partial charge < -0.3 is 9.73 Å². The summed E-state index contributed by atoms with van der Waals surface area (Å²) in [7, 11) is 0. The molecule has 0 aliphatic rings. The molecule has 0 spiro atoms. The van der Waals surface area contributed by atoms with Crippen LogP contribution in [0.1, 0.15) is 67.4 Å². The fourth-order valence-electron chi connectivity index (χ4n) is 3.71. The van der Waals surface area contributed by atoms with Crippen LogP contribution in [0.5, 0.6) is 0 Å². The van der Waals surface area contributed by atoms with Crippen LogP contribution in [0.3, 0.4) is 0 Å². The van der Waals surface area contributed by atoms with E-state index in [2.05, 4.69) is 55.4 Å². The maximum absolute atomic E-state index is 12.6. The minimum Gasteiger partial charge on any atom is -0.436 e. The molecule has 35 heavy (non-hydrogen) atoms. The van der Waals surface area contributed by atoms with Crippen molar-refractivity contribution >= 4 is 51.6 Å². The van der Waals surface area contributed by atoms with Gasteiger partial charge in [0.1, 0.15) is 5.52 Å². The van der Waals surface area contributed by atoms with Gasteiger partial charge >= 0.3 is 0 Å². The van der Waals surface area contributed by atoms with E-state index in [1.165, 1.54) is 11.1 Å². The van der Waals surface area contributed by atoms with Crippen LogP contribution in [0.25, 0.3) is 22.6 Å². The van der Waals surface area contributed by atoms with Gasteiger partial charge in [-0.2, -0.15) is 0 Å². The smallest absolute Gasteiger partial charge is 0.257 e. The minimum absolute atomic E-state index is 0.151. The Balaban J connectivity index is 1.50. The predicted octanol–water partition coefficient (Wildman–Crippen LogP) is 7.91. The van der Waals surface area contributed by atoms with Gasteiger partial charge in [0.25, 0.3) is 5.91 Å². The van der Waals surface area contributed by atoms with Crippen molar-refractivity contribution in [3.8, 4) is 11.5 Å².